The Morgan fingerprint density at radius 1 is 1.29 bits per heavy atom. The van der Waals surface area contributed by atoms with Gasteiger partial charge in [0.2, 0.25) is 0 Å². The van der Waals surface area contributed by atoms with E-state index >= 15 is 0 Å². The Morgan fingerprint density at radius 2 is 2.05 bits per heavy atom. The lowest BCUT2D eigenvalue weighted by molar-refractivity contribution is 0.0958. The van der Waals surface area contributed by atoms with Gasteiger partial charge in [-0.05, 0) is 26.0 Å². The van der Waals surface area contributed by atoms with Crippen LogP contribution in [0.1, 0.15) is 33.3 Å². The molecule has 0 radical (unpaired) electrons. The van der Waals surface area contributed by atoms with Crippen molar-refractivity contribution in [3.63, 3.8) is 0 Å². The predicted octanol–water partition coefficient (Wildman–Crippen LogP) is 1.82. The Balaban J connectivity index is 2.28. The third-order valence-electron chi connectivity index (χ3n) is 3.06. The van der Waals surface area contributed by atoms with Gasteiger partial charge in [0.15, 0.2) is 5.69 Å². The zero-order valence-corrected chi connectivity index (χ0v) is 12.3. The molecule has 1 heterocycles. The van der Waals surface area contributed by atoms with Crippen molar-refractivity contribution in [2.24, 2.45) is 0 Å². The van der Waals surface area contributed by atoms with E-state index in [1.807, 2.05) is 26.0 Å². The standard InChI is InChI=1S/C15H18N4O2/c1-4-19-9-12(13(18-19)15(21)16-3)17-14(20)11-7-5-6-10(2)8-11/h5-9H,4H2,1-3H3,(H,16,21)(H,17,20). The van der Waals surface area contributed by atoms with Gasteiger partial charge in [0, 0.05) is 25.4 Å². The van der Waals surface area contributed by atoms with Gasteiger partial charge in [-0.15, -0.1) is 0 Å². The van der Waals surface area contributed by atoms with Crippen LogP contribution >= 0.6 is 0 Å². The maximum Gasteiger partial charge on any atom is 0.273 e. The number of nitrogens with one attached hydrogen (secondary N) is 2. The third-order valence-corrected chi connectivity index (χ3v) is 3.06. The van der Waals surface area contributed by atoms with Crippen LogP contribution in [0.3, 0.4) is 0 Å². The van der Waals surface area contributed by atoms with E-state index in [4.69, 9.17) is 0 Å². The summed E-state index contributed by atoms with van der Waals surface area (Å²) in [6.07, 6.45) is 1.65. The number of carbonyl (C=O) groups is 2. The molecule has 1 aromatic heterocycles. The second-order valence-electron chi connectivity index (χ2n) is 4.65. The van der Waals surface area contributed by atoms with E-state index in [2.05, 4.69) is 15.7 Å². The highest BCUT2D eigenvalue weighted by Crippen LogP contribution is 2.15. The minimum atomic E-state index is -0.332. The summed E-state index contributed by atoms with van der Waals surface area (Å²) in [6, 6.07) is 7.26. The van der Waals surface area contributed by atoms with Crippen molar-refractivity contribution in [3.05, 3.63) is 47.3 Å². The highest BCUT2D eigenvalue weighted by molar-refractivity contribution is 6.08. The van der Waals surface area contributed by atoms with Gasteiger partial charge in [-0.25, -0.2) is 0 Å². The zero-order valence-electron chi connectivity index (χ0n) is 12.3. The third kappa shape index (κ3) is 3.28. The molecule has 110 valence electrons. The topological polar surface area (TPSA) is 76.0 Å². The second-order valence-corrected chi connectivity index (χ2v) is 4.65. The zero-order chi connectivity index (χ0) is 15.4. The van der Waals surface area contributed by atoms with E-state index in [0.29, 0.717) is 17.8 Å². The summed E-state index contributed by atoms with van der Waals surface area (Å²) in [5, 5.41) is 9.41. The van der Waals surface area contributed by atoms with Gasteiger partial charge in [0.25, 0.3) is 11.8 Å². The fourth-order valence-corrected chi connectivity index (χ4v) is 1.94. The van der Waals surface area contributed by atoms with Gasteiger partial charge >= 0.3 is 0 Å². The molecule has 2 amide bonds. The molecule has 0 saturated heterocycles. The number of aromatic nitrogens is 2. The quantitative estimate of drug-likeness (QED) is 0.900. The molecule has 0 saturated carbocycles. The van der Waals surface area contributed by atoms with Crippen molar-refractivity contribution >= 4 is 17.5 Å². The average Bonchev–Trinajstić information content (AvgIpc) is 2.89. The van der Waals surface area contributed by atoms with E-state index in [1.54, 1.807) is 23.0 Å². The lowest BCUT2D eigenvalue weighted by Crippen LogP contribution is -2.21. The van der Waals surface area contributed by atoms with Gasteiger partial charge in [-0.3, -0.25) is 14.3 Å². The molecule has 0 bridgehead atoms. The highest BCUT2D eigenvalue weighted by atomic mass is 16.2. The Morgan fingerprint density at radius 3 is 2.67 bits per heavy atom. The first-order valence-corrected chi connectivity index (χ1v) is 6.72. The average molecular weight is 286 g/mol. The summed E-state index contributed by atoms with van der Waals surface area (Å²) in [5.41, 5.74) is 2.16. The minimum Gasteiger partial charge on any atom is -0.354 e. The molecule has 0 spiro atoms. The lowest BCUT2D eigenvalue weighted by atomic mass is 10.1. The number of nitrogens with zero attached hydrogens (tertiary/aromatic N) is 2. The van der Waals surface area contributed by atoms with Gasteiger partial charge in [0.05, 0.1) is 5.69 Å². The van der Waals surface area contributed by atoms with Crippen LogP contribution in [0.25, 0.3) is 0 Å². The van der Waals surface area contributed by atoms with Gasteiger partial charge in [-0.2, -0.15) is 5.10 Å². The molecule has 0 atom stereocenters. The smallest absolute Gasteiger partial charge is 0.273 e. The van der Waals surface area contributed by atoms with Crippen LogP contribution in [-0.4, -0.2) is 28.6 Å². The largest absolute Gasteiger partial charge is 0.354 e. The molecule has 2 aromatic rings. The van der Waals surface area contributed by atoms with Crippen molar-refractivity contribution < 1.29 is 9.59 Å². The van der Waals surface area contributed by atoms with E-state index in [-0.39, 0.29) is 17.5 Å². The number of amides is 2. The Labute approximate surface area is 123 Å². The fraction of sp³-hybridized carbons (Fsp3) is 0.267. The van der Waals surface area contributed by atoms with E-state index in [9.17, 15) is 9.59 Å². The molecule has 0 fully saturated rings. The summed E-state index contributed by atoms with van der Waals surface area (Å²) < 4.78 is 1.61. The summed E-state index contributed by atoms with van der Waals surface area (Å²) in [6.45, 7) is 4.44. The van der Waals surface area contributed by atoms with Crippen molar-refractivity contribution in [3.8, 4) is 0 Å². The normalized spacial score (nSPS) is 10.2. The van der Waals surface area contributed by atoms with Gasteiger partial charge in [-0.1, -0.05) is 17.7 Å². The Hall–Kier alpha value is -2.63. The summed E-state index contributed by atoms with van der Waals surface area (Å²) in [7, 11) is 1.53. The molecule has 6 nitrogen and oxygen atoms in total. The van der Waals surface area contributed by atoms with Crippen LogP contribution < -0.4 is 10.6 Å². The van der Waals surface area contributed by atoms with Gasteiger partial charge in [0.1, 0.15) is 0 Å². The molecule has 2 rings (SSSR count). The summed E-state index contributed by atoms with van der Waals surface area (Å²) >= 11 is 0. The van der Waals surface area contributed by atoms with E-state index in [0.717, 1.165) is 5.56 Å². The van der Waals surface area contributed by atoms with E-state index in [1.165, 1.54) is 7.05 Å². The van der Waals surface area contributed by atoms with Crippen LogP contribution in [0.5, 0.6) is 0 Å². The summed E-state index contributed by atoms with van der Waals surface area (Å²) in [4.78, 5) is 24.0. The van der Waals surface area contributed by atoms with Crippen molar-refractivity contribution in [2.75, 3.05) is 12.4 Å². The number of hydrogen-bond acceptors (Lipinski definition) is 3. The molecule has 21 heavy (non-hydrogen) atoms. The predicted molar refractivity (Wildman–Crippen MR) is 80.4 cm³/mol. The Bertz CT molecular complexity index is 676. The molecule has 2 N–H and O–H groups in total. The van der Waals surface area contributed by atoms with Crippen molar-refractivity contribution in [1.82, 2.24) is 15.1 Å². The number of benzene rings is 1. The van der Waals surface area contributed by atoms with Crippen LogP contribution in [0.2, 0.25) is 0 Å². The van der Waals surface area contributed by atoms with Crippen molar-refractivity contribution in [1.29, 1.82) is 0 Å². The van der Waals surface area contributed by atoms with Crippen LogP contribution in [0.4, 0.5) is 5.69 Å². The Kier molecular flexibility index (Phi) is 4.37. The first-order chi connectivity index (χ1) is 10.0. The molecule has 0 aliphatic rings. The molecule has 0 aliphatic heterocycles. The lowest BCUT2D eigenvalue weighted by Gasteiger charge is -2.05. The van der Waals surface area contributed by atoms with Gasteiger partial charge < -0.3 is 10.6 Å². The first-order valence-electron chi connectivity index (χ1n) is 6.72. The molecular formula is C15H18N4O2. The van der Waals surface area contributed by atoms with Crippen LogP contribution in [0, 0.1) is 6.92 Å². The number of anilines is 1. The van der Waals surface area contributed by atoms with Crippen LogP contribution in [0.15, 0.2) is 30.5 Å². The second kappa shape index (κ2) is 6.21. The number of aryl methyl sites for hydroxylation is 2. The molecule has 1 aromatic carbocycles. The number of carbonyl (C=O) groups excluding carboxylic acids is 2. The SMILES string of the molecule is CCn1cc(NC(=O)c2cccc(C)c2)c(C(=O)NC)n1. The molecule has 0 unspecified atom stereocenters. The first kappa shape index (κ1) is 14.8. The molecule has 0 aliphatic carbocycles. The molecular weight excluding hydrogens is 268 g/mol. The van der Waals surface area contributed by atoms with E-state index < -0.39 is 0 Å². The van der Waals surface area contributed by atoms with Crippen LogP contribution in [-0.2, 0) is 6.54 Å². The fourth-order valence-electron chi connectivity index (χ4n) is 1.94. The monoisotopic (exact) mass is 286 g/mol. The minimum absolute atomic E-state index is 0.209. The van der Waals surface area contributed by atoms with Crippen molar-refractivity contribution in [2.45, 2.75) is 20.4 Å². The maximum atomic E-state index is 12.2. The summed E-state index contributed by atoms with van der Waals surface area (Å²) in [5.74, 6) is -0.596. The highest BCUT2D eigenvalue weighted by Gasteiger charge is 2.18. The number of hydrogen-bond donors (Lipinski definition) is 2. The molecule has 6 heteroatoms. The number of rotatable bonds is 4. The maximum absolute atomic E-state index is 12.2.